The molecule has 0 atom stereocenters. The Labute approximate surface area is 165 Å². The number of rotatable bonds is 3. The molecule has 4 rings (SSSR count). The molecule has 3 heterocycles. The van der Waals surface area contributed by atoms with Crippen LogP contribution in [0.2, 0.25) is 0 Å². The highest BCUT2D eigenvalue weighted by Gasteiger charge is 2.21. The largest absolute Gasteiger partial charge is 0.494 e. The van der Waals surface area contributed by atoms with Crippen molar-refractivity contribution in [3.8, 4) is 17.0 Å². The Balaban J connectivity index is 1.65. The van der Waals surface area contributed by atoms with E-state index < -0.39 is 0 Å². The van der Waals surface area contributed by atoms with Crippen molar-refractivity contribution in [3.63, 3.8) is 0 Å². The summed E-state index contributed by atoms with van der Waals surface area (Å²) in [6, 6.07) is 3.80. The summed E-state index contributed by atoms with van der Waals surface area (Å²) >= 11 is 3.07. The number of hydrogen-bond acceptors (Lipinski definition) is 7. The standard InChI is InChI=1S/C18H21N5O2S2/c1-11-19-13(10-26-11)12-4-5-14(25-3)15-16(12)27-17(20-15)21-18(24)23-8-6-22(2)7-9-23/h4-5,10H,6-9H2,1-3H3,(H,20,21,24). The Morgan fingerprint density at radius 2 is 2.00 bits per heavy atom. The molecule has 0 unspecified atom stereocenters. The third kappa shape index (κ3) is 3.62. The number of nitrogens with one attached hydrogen (secondary N) is 1. The first-order chi connectivity index (χ1) is 13.0. The molecule has 1 fully saturated rings. The average molecular weight is 404 g/mol. The van der Waals surface area contributed by atoms with E-state index in [1.165, 1.54) is 11.3 Å². The SMILES string of the molecule is COc1ccc(-c2csc(C)n2)c2sc(NC(=O)N3CCN(C)CC3)nc12. The number of amides is 2. The Morgan fingerprint density at radius 1 is 1.22 bits per heavy atom. The molecule has 0 spiro atoms. The molecule has 0 radical (unpaired) electrons. The van der Waals surface area contributed by atoms with Gasteiger partial charge >= 0.3 is 6.03 Å². The second kappa shape index (κ2) is 7.41. The number of thiazole rings is 2. The third-order valence-electron chi connectivity index (χ3n) is 4.63. The lowest BCUT2D eigenvalue weighted by molar-refractivity contribution is 0.164. The van der Waals surface area contributed by atoms with Crippen LogP contribution in [0.15, 0.2) is 17.5 Å². The molecule has 7 nitrogen and oxygen atoms in total. The maximum Gasteiger partial charge on any atom is 0.323 e. The Morgan fingerprint density at radius 3 is 2.67 bits per heavy atom. The fraction of sp³-hybridized carbons (Fsp3) is 0.389. The number of benzene rings is 1. The van der Waals surface area contributed by atoms with Gasteiger partial charge in [-0.25, -0.2) is 14.8 Å². The third-order valence-corrected chi connectivity index (χ3v) is 6.40. The van der Waals surface area contributed by atoms with Gasteiger partial charge in [-0.05, 0) is 26.1 Å². The summed E-state index contributed by atoms with van der Waals surface area (Å²) in [5.74, 6) is 0.692. The predicted molar refractivity (Wildman–Crippen MR) is 110 cm³/mol. The van der Waals surface area contributed by atoms with E-state index in [-0.39, 0.29) is 6.03 Å². The van der Waals surface area contributed by atoms with Gasteiger partial charge in [-0.3, -0.25) is 5.32 Å². The Hall–Kier alpha value is -2.23. The van der Waals surface area contributed by atoms with Crippen molar-refractivity contribution in [1.29, 1.82) is 0 Å². The molecule has 0 saturated carbocycles. The molecule has 27 heavy (non-hydrogen) atoms. The van der Waals surface area contributed by atoms with E-state index in [0.29, 0.717) is 10.9 Å². The lowest BCUT2D eigenvalue weighted by Crippen LogP contribution is -2.48. The number of hydrogen-bond donors (Lipinski definition) is 1. The molecule has 0 bridgehead atoms. The predicted octanol–water partition coefficient (Wildman–Crippen LogP) is 3.52. The molecule has 2 aromatic heterocycles. The number of piperazine rings is 1. The molecule has 1 aromatic carbocycles. The molecular formula is C18H21N5O2S2. The zero-order valence-electron chi connectivity index (χ0n) is 15.5. The molecule has 1 N–H and O–H groups in total. The molecule has 0 aliphatic carbocycles. The summed E-state index contributed by atoms with van der Waals surface area (Å²) < 4.78 is 6.43. The molecular weight excluding hydrogens is 382 g/mol. The van der Waals surface area contributed by atoms with Crippen LogP contribution in [-0.2, 0) is 0 Å². The minimum absolute atomic E-state index is 0.104. The van der Waals surface area contributed by atoms with Crippen molar-refractivity contribution in [2.45, 2.75) is 6.92 Å². The van der Waals surface area contributed by atoms with Gasteiger partial charge in [0, 0.05) is 37.1 Å². The average Bonchev–Trinajstić information content (AvgIpc) is 3.27. The van der Waals surface area contributed by atoms with Crippen LogP contribution in [0.4, 0.5) is 9.93 Å². The van der Waals surface area contributed by atoms with E-state index in [9.17, 15) is 4.79 Å². The maximum atomic E-state index is 12.6. The maximum absolute atomic E-state index is 12.6. The number of likely N-dealkylation sites (N-methyl/N-ethyl adjacent to an activating group) is 1. The summed E-state index contributed by atoms with van der Waals surface area (Å²) in [4.78, 5) is 25.8. The van der Waals surface area contributed by atoms with Crippen molar-refractivity contribution >= 4 is 44.1 Å². The molecule has 1 aliphatic heterocycles. The van der Waals surface area contributed by atoms with Crippen molar-refractivity contribution in [3.05, 3.63) is 22.5 Å². The van der Waals surface area contributed by atoms with E-state index in [0.717, 1.165) is 52.7 Å². The lowest BCUT2D eigenvalue weighted by atomic mass is 10.1. The van der Waals surface area contributed by atoms with Gasteiger partial charge in [-0.15, -0.1) is 11.3 Å². The van der Waals surface area contributed by atoms with Crippen LogP contribution >= 0.6 is 22.7 Å². The van der Waals surface area contributed by atoms with Gasteiger partial charge in [0.05, 0.1) is 22.5 Å². The number of ether oxygens (including phenoxy) is 1. The van der Waals surface area contributed by atoms with Gasteiger partial charge in [0.25, 0.3) is 0 Å². The highest BCUT2D eigenvalue weighted by molar-refractivity contribution is 7.23. The van der Waals surface area contributed by atoms with Crippen LogP contribution in [0.25, 0.3) is 21.5 Å². The summed E-state index contributed by atoms with van der Waals surface area (Å²) in [6.07, 6.45) is 0. The molecule has 1 aliphatic rings. The van der Waals surface area contributed by atoms with Gasteiger partial charge < -0.3 is 14.5 Å². The van der Waals surface area contributed by atoms with E-state index in [2.05, 4.69) is 27.2 Å². The number of anilines is 1. The highest BCUT2D eigenvalue weighted by Crippen LogP contribution is 2.39. The number of aryl methyl sites for hydroxylation is 1. The van der Waals surface area contributed by atoms with Crippen LogP contribution in [0.1, 0.15) is 5.01 Å². The molecule has 1 saturated heterocycles. The van der Waals surface area contributed by atoms with Crippen LogP contribution in [-0.4, -0.2) is 66.1 Å². The minimum Gasteiger partial charge on any atom is -0.494 e. The van der Waals surface area contributed by atoms with Crippen LogP contribution in [0.3, 0.4) is 0 Å². The van der Waals surface area contributed by atoms with Gasteiger partial charge in [0.1, 0.15) is 11.3 Å². The second-order valence-electron chi connectivity index (χ2n) is 6.48. The summed E-state index contributed by atoms with van der Waals surface area (Å²) in [6.45, 7) is 5.20. The van der Waals surface area contributed by atoms with E-state index in [1.807, 2.05) is 29.3 Å². The van der Waals surface area contributed by atoms with Crippen molar-refractivity contribution in [1.82, 2.24) is 19.8 Å². The number of methoxy groups -OCH3 is 1. The van der Waals surface area contributed by atoms with Crippen molar-refractivity contribution in [2.75, 3.05) is 45.7 Å². The Bertz CT molecular complexity index is 975. The summed E-state index contributed by atoms with van der Waals surface area (Å²) in [7, 11) is 3.69. The molecule has 2 amide bonds. The first kappa shape index (κ1) is 18.1. The fourth-order valence-electron chi connectivity index (χ4n) is 3.07. The minimum atomic E-state index is -0.104. The zero-order valence-corrected chi connectivity index (χ0v) is 17.1. The number of fused-ring (bicyclic) bond motifs is 1. The van der Waals surface area contributed by atoms with Crippen LogP contribution in [0, 0.1) is 6.92 Å². The quantitative estimate of drug-likeness (QED) is 0.725. The van der Waals surface area contributed by atoms with Crippen molar-refractivity contribution in [2.24, 2.45) is 0 Å². The van der Waals surface area contributed by atoms with Gasteiger partial charge in [-0.2, -0.15) is 0 Å². The topological polar surface area (TPSA) is 70.6 Å². The molecule has 3 aromatic rings. The first-order valence-corrected chi connectivity index (χ1v) is 10.4. The fourth-order valence-corrected chi connectivity index (χ4v) is 4.68. The number of urea groups is 1. The zero-order chi connectivity index (χ0) is 19.0. The lowest BCUT2D eigenvalue weighted by Gasteiger charge is -2.32. The van der Waals surface area contributed by atoms with E-state index >= 15 is 0 Å². The normalized spacial score (nSPS) is 15.3. The summed E-state index contributed by atoms with van der Waals surface area (Å²) in [5.41, 5.74) is 2.68. The highest BCUT2D eigenvalue weighted by atomic mass is 32.1. The Kier molecular flexibility index (Phi) is 4.98. The number of carbonyl (C=O) groups is 1. The van der Waals surface area contributed by atoms with Gasteiger partial charge in [-0.1, -0.05) is 11.3 Å². The van der Waals surface area contributed by atoms with E-state index in [1.54, 1.807) is 18.4 Å². The monoisotopic (exact) mass is 403 g/mol. The van der Waals surface area contributed by atoms with Crippen LogP contribution < -0.4 is 10.1 Å². The molecule has 142 valence electrons. The van der Waals surface area contributed by atoms with Gasteiger partial charge in [0.15, 0.2) is 5.13 Å². The van der Waals surface area contributed by atoms with E-state index in [4.69, 9.17) is 4.74 Å². The number of carbonyl (C=O) groups excluding carboxylic acids is 1. The van der Waals surface area contributed by atoms with Crippen molar-refractivity contribution < 1.29 is 9.53 Å². The summed E-state index contributed by atoms with van der Waals surface area (Å²) in [5, 5.41) is 6.59. The smallest absolute Gasteiger partial charge is 0.323 e. The van der Waals surface area contributed by atoms with Gasteiger partial charge in [0.2, 0.25) is 0 Å². The van der Waals surface area contributed by atoms with Crippen LogP contribution in [0.5, 0.6) is 5.75 Å². The second-order valence-corrected chi connectivity index (χ2v) is 8.55. The first-order valence-electron chi connectivity index (χ1n) is 8.69. The molecule has 9 heteroatoms. The number of nitrogens with zero attached hydrogens (tertiary/aromatic N) is 4. The number of aromatic nitrogens is 2.